The van der Waals surface area contributed by atoms with Gasteiger partial charge in [-0.2, -0.15) is 0 Å². The highest BCUT2D eigenvalue weighted by molar-refractivity contribution is 6.10. The van der Waals surface area contributed by atoms with E-state index in [-0.39, 0.29) is 0 Å². The van der Waals surface area contributed by atoms with Gasteiger partial charge >= 0.3 is 0 Å². The molecule has 0 radical (unpaired) electrons. The van der Waals surface area contributed by atoms with Gasteiger partial charge in [0.05, 0.1) is 11.0 Å². The van der Waals surface area contributed by atoms with Gasteiger partial charge in [-0.25, -0.2) is 0 Å². The van der Waals surface area contributed by atoms with Crippen LogP contribution in [0.1, 0.15) is 0 Å². The third-order valence-electron chi connectivity index (χ3n) is 7.46. The fourth-order valence-corrected chi connectivity index (χ4v) is 5.63. The van der Waals surface area contributed by atoms with Crippen LogP contribution in [-0.4, -0.2) is 19.2 Å². The van der Waals surface area contributed by atoms with Gasteiger partial charge in [0.1, 0.15) is 0 Å². The first-order chi connectivity index (χ1) is 18.8. The van der Waals surface area contributed by atoms with Crippen LogP contribution in [0.3, 0.4) is 0 Å². The van der Waals surface area contributed by atoms with Crippen molar-refractivity contribution < 1.29 is 0 Å². The van der Waals surface area contributed by atoms with Crippen LogP contribution in [0.2, 0.25) is 0 Å². The second kappa shape index (κ2) is 8.15. The van der Waals surface area contributed by atoms with Crippen molar-refractivity contribution in [2.45, 2.75) is 0 Å². The molecule has 0 saturated heterocycles. The second-order valence-electron chi connectivity index (χ2n) is 9.62. The summed E-state index contributed by atoms with van der Waals surface area (Å²) in [5.41, 5.74) is 7.86. The lowest BCUT2D eigenvalue weighted by atomic mass is 10.0. The smallest absolute Gasteiger partial charge is 0.168 e. The summed E-state index contributed by atoms with van der Waals surface area (Å²) in [5.74, 6) is 0.840. The molecule has 4 nitrogen and oxygen atoms in total. The topological polar surface area (TPSA) is 35.1 Å². The summed E-state index contributed by atoms with van der Waals surface area (Å²) in [6, 6.07) is 45.0. The summed E-state index contributed by atoms with van der Waals surface area (Å²) in [5, 5.41) is 13.8. The molecule has 178 valence electrons. The maximum absolute atomic E-state index is 4.55. The molecule has 0 atom stereocenters. The molecule has 0 aliphatic carbocycles. The fourth-order valence-electron chi connectivity index (χ4n) is 5.63. The zero-order valence-corrected chi connectivity index (χ0v) is 20.5. The average molecular weight is 487 g/mol. The first kappa shape index (κ1) is 20.9. The SMILES string of the molecule is c1ccc(-c2ccc3c(c2)c2ccccc2n3-c2ccc(-c3nnc4c5ccccc5ccn34)cc2)cc1. The summed E-state index contributed by atoms with van der Waals surface area (Å²) in [6.07, 6.45) is 2.05. The van der Waals surface area contributed by atoms with E-state index in [1.807, 2.05) is 12.1 Å². The minimum atomic E-state index is 0.840. The Bertz CT molecular complexity index is 2120. The lowest BCUT2D eigenvalue weighted by molar-refractivity contribution is 1.11. The summed E-state index contributed by atoms with van der Waals surface area (Å²) < 4.78 is 4.42. The third kappa shape index (κ3) is 3.10. The number of fused-ring (bicyclic) bond motifs is 6. The molecule has 0 amide bonds. The lowest BCUT2D eigenvalue weighted by Gasteiger charge is -2.09. The van der Waals surface area contributed by atoms with Gasteiger partial charge in [-0.1, -0.05) is 78.9 Å². The maximum Gasteiger partial charge on any atom is 0.168 e. The standard InChI is InChI=1S/C34H22N4/c1-2-8-23(9-3-1)26-16-19-32-30(22-26)29-12-6-7-13-31(29)38(32)27-17-14-25(15-18-27)33-35-36-34-28-11-5-4-10-24(28)20-21-37(33)34/h1-22H. The molecule has 0 spiro atoms. The molecular weight excluding hydrogens is 464 g/mol. The first-order valence-electron chi connectivity index (χ1n) is 12.8. The van der Waals surface area contributed by atoms with Gasteiger partial charge in [0.2, 0.25) is 0 Å². The minimum Gasteiger partial charge on any atom is -0.309 e. The predicted molar refractivity (Wildman–Crippen MR) is 156 cm³/mol. The van der Waals surface area contributed by atoms with Gasteiger partial charge < -0.3 is 4.57 Å². The van der Waals surface area contributed by atoms with Crippen LogP contribution in [-0.2, 0) is 0 Å². The van der Waals surface area contributed by atoms with E-state index in [1.165, 1.54) is 32.9 Å². The van der Waals surface area contributed by atoms with Crippen molar-refractivity contribution in [3.8, 4) is 28.2 Å². The number of hydrogen-bond donors (Lipinski definition) is 0. The Morgan fingerprint density at radius 1 is 0.474 bits per heavy atom. The molecular formula is C34H22N4. The van der Waals surface area contributed by atoms with Gasteiger partial charge in [-0.3, -0.25) is 4.40 Å². The van der Waals surface area contributed by atoms with Gasteiger partial charge in [-0.05, 0) is 65.0 Å². The zero-order valence-electron chi connectivity index (χ0n) is 20.5. The van der Waals surface area contributed by atoms with Crippen LogP contribution in [0.4, 0.5) is 0 Å². The van der Waals surface area contributed by atoms with Crippen molar-refractivity contribution in [1.29, 1.82) is 0 Å². The summed E-state index contributed by atoms with van der Waals surface area (Å²) in [4.78, 5) is 0. The number of pyridine rings is 1. The van der Waals surface area contributed by atoms with Crippen LogP contribution in [0, 0.1) is 0 Å². The minimum absolute atomic E-state index is 0.840. The summed E-state index contributed by atoms with van der Waals surface area (Å²) in [7, 11) is 0. The van der Waals surface area contributed by atoms with Crippen molar-refractivity contribution in [2.24, 2.45) is 0 Å². The molecule has 8 rings (SSSR count). The van der Waals surface area contributed by atoms with E-state index >= 15 is 0 Å². The number of aromatic nitrogens is 4. The Labute approximate surface area is 219 Å². The monoisotopic (exact) mass is 486 g/mol. The van der Waals surface area contributed by atoms with Gasteiger partial charge in [0, 0.05) is 33.6 Å². The second-order valence-corrected chi connectivity index (χ2v) is 9.62. The van der Waals surface area contributed by atoms with Gasteiger partial charge in [0.25, 0.3) is 0 Å². The normalized spacial score (nSPS) is 11.7. The fraction of sp³-hybridized carbons (Fsp3) is 0. The molecule has 0 aliphatic rings. The van der Waals surface area contributed by atoms with Crippen LogP contribution in [0.5, 0.6) is 0 Å². The Balaban J connectivity index is 1.27. The molecule has 0 N–H and O–H groups in total. The van der Waals surface area contributed by atoms with E-state index in [0.717, 1.165) is 33.5 Å². The number of hydrogen-bond acceptors (Lipinski definition) is 2. The molecule has 0 bridgehead atoms. The van der Waals surface area contributed by atoms with Crippen molar-refractivity contribution in [3.05, 3.63) is 134 Å². The zero-order chi connectivity index (χ0) is 25.1. The Kier molecular flexibility index (Phi) is 4.49. The first-order valence-corrected chi connectivity index (χ1v) is 12.8. The predicted octanol–water partition coefficient (Wildman–Crippen LogP) is 8.31. The molecule has 0 fully saturated rings. The van der Waals surface area contributed by atoms with Crippen LogP contribution in [0.15, 0.2) is 134 Å². The number of para-hydroxylation sites is 1. The average Bonchev–Trinajstić information content (AvgIpc) is 3.57. The van der Waals surface area contributed by atoms with E-state index in [1.54, 1.807) is 0 Å². The summed E-state index contributed by atoms with van der Waals surface area (Å²) >= 11 is 0. The Hall–Kier alpha value is -5.22. The molecule has 8 aromatic rings. The number of rotatable bonds is 3. The van der Waals surface area contributed by atoms with Crippen molar-refractivity contribution in [3.63, 3.8) is 0 Å². The van der Waals surface area contributed by atoms with E-state index in [4.69, 9.17) is 0 Å². The van der Waals surface area contributed by atoms with Crippen LogP contribution in [0.25, 0.3) is 66.4 Å². The van der Waals surface area contributed by atoms with Gasteiger partial charge in [-0.15, -0.1) is 10.2 Å². The van der Waals surface area contributed by atoms with Crippen molar-refractivity contribution in [1.82, 2.24) is 19.2 Å². The van der Waals surface area contributed by atoms with Crippen molar-refractivity contribution in [2.75, 3.05) is 0 Å². The Morgan fingerprint density at radius 2 is 1.18 bits per heavy atom. The molecule has 4 heteroatoms. The van der Waals surface area contributed by atoms with Gasteiger partial charge in [0.15, 0.2) is 11.5 Å². The van der Waals surface area contributed by atoms with Crippen LogP contribution < -0.4 is 0 Å². The lowest BCUT2D eigenvalue weighted by Crippen LogP contribution is -1.95. The van der Waals surface area contributed by atoms with Crippen molar-refractivity contribution >= 4 is 38.2 Å². The van der Waals surface area contributed by atoms with E-state index in [0.29, 0.717) is 0 Å². The molecule has 38 heavy (non-hydrogen) atoms. The molecule has 0 aliphatic heterocycles. The third-order valence-corrected chi connectivity index (χ3v) is 7.46. The van der Waals surface area contributed by atoms with E-state index < -0.39 is 0 Å². The van der Waals surface area contributed by atoms with E-state index in [9.17, 15) is 0 Å². The van der Waals surface area contributed by atoms with E-state index in [2.05, 4.69) is 141 Å². The highest BCUT2D eigenvalue weighted by Gasteiger charge is 2.15. The largest absolute Gasteiger partial charge is 0.309 e. The Morgan fingerprint density at radius 3 is 2.05 bits per heavy atom. The highest BCUT2D eigenvalue weighted by atomic mass is 15.2. The van der Waals surface area contributed by atoms with Crippen LogP contribution >= 0.6 is 0 Å². The summed E-state index contributed by atoms with van der Waals surface area (Å²) in [6.45, 7) is 0. The molecule has 3 heterocycles. The molecule has 5 aromatic carbocycles. The highest BCUT2D eigenvalue weighted by Crippen LogP contribution is 2.35. The quantitative estimate of drug-likeness (QED) is 0.252. The molecule has 0 unspecified atom stereocenters. The number of benzene rings is 5. The maximum atomic E-state index is 4.55. The molecule has 3 aromatic heterocycles. The molecule has 0 saturated carbocycles. The number of nitrogens with zero attached hydrogens (tertiary/aromatic N) is 4.